The molecule has 0 radical (unpaired) electrons. The van der Waals surface area contributed by atoms with Gasteiger partial charge in [0.1, 0.15) is 6.61 Å². The Labute approximate surface area is 85.4 Å². The van der Waals surface area contributed by atoms with Gasteiger partial charge in [-0.25, -0.2) is 4.79 Å². The zero-order chi connectivity index (χ0) is 10.4. The van der Waals surface area contributed by atoms with Gasteiger partial charge in [-0.1, -0.05) is 6.42 Å². The minimum absolute atomic E-state index is 0.141. The minimum Gasteiger partial charge on any atom is -0.448 e. The maximum absolute atomic E-state index is 11.1. The SMILES string of the molecule is CC(C)NC(=O)OC[C@H]1CCCCN1. The van der Waals surface area contributed by atoms with Crippen LogP contribution >= 0.6 is 0 Å². The molecule has 14 heavy (non-hydrogen) atoms. The predicted octanol–water partition coefficient (Wildman–Crippen LogP) is 1.26. The van der Waals surface area contributed by atoms with Crippen LogP contribution in [0.25, 0.3) is 0 Å². The van der Waals surface area contributed by atoms with Gasteiger partial charge >= 0.3 is 6.09 Å². The number of ether oxygens (including phenoxy) is 1. The van der Waals surface area contributed by atoms with E-state index in [4.69, 9.17) is 4.74 Å². The van der Waals surface area contributed by atoms with E-state index in [9.17, 15) is 4.79 Å². The lowest BCUT2D eigenvalue weighted by Crippen LogP contribution is -2.40. The zero-order valence-corrected chi connectivity index (χ0v) is 9.01. The highest BCUT2D eigenvalue weighted by Gasteiger charge is 2.14. The first-order chi connectivity index (χ1) is 6.68. The topological polar surface area (TPSA) is 50.4 Å². The maximum Gasteiger partial charge on any atom is 0.407 e. The Morgan fingerprint density at radius 2 is 2.36 bits per heavy atom. The molecule has 0 saturated carbocycles. The van der Waals surface area contributed by atoms with Crippen molar-refractivity contribution in [3.05, 3.63) is 0 Å². The van der Waals surface area contributed by atoms with Gasteiger partial charge in [-0.2, -0.15) is 0 Å². The van der Waals surface area contributed by atoms with Crippen molar-refractivity contribution < 1.29 is 9.53 Å². The Morgan fingerprint density at radius 3 is 2.93 bits per heavy atom. The van der Waals surface area contributed by atoms with Gasteiger partial charge in [-0.3, -0.25) is 0 Å². The number of nitrogens with one attached hydrogen (secondary N) is 2. The molecular weight excluding hydrogens is 180 g/mol. The number of alkyl carbamates (subject to hydrolysis) is 1. The Morgan fingerprint density at radius 1 is 1.57 bits per heavy atom. The molecule has 1 atom stereocenters. The third kappa shape index (κ3) is 4.46. The molecule has 1 saturated heterocycles. The number of hydrogen-bond donors (Lipinski definition) is 2. The first kappa shape index (κ1) is 11.3. The Kier molecular flexibility index (Phi) is 4.73. The number of carbonyl (C=O) groups excluding carboxylic acids is 1. The van der Waals surface area contributed by atoms with E-state index in [2.05, 4.69) is 10.6 Å². The molecule has 0 spiro atoms. The van der Waals surface area contributed by atoms with Crippen molar-refractivity contribution in [1.29, 1.82) is 0 Å². The summed E-state index contributed by atoms with van der Waals surface area (Å²) in [7, 11) is 0. The van der Waals surface area contributed by atoms with Crippen molar-refractivity contribution in [3.63, 3.8) is 0 Å². The monoisotopic (exact) mass is 200 g/mol. The Bertz CT molecular complexity index is 177. The second kappa shape index (κ2) is 5.86. The summed E-state index contributed by atoms with van der Waals surface area (Å²) in [6.45, 7) is 5.36. The van der Waals surface area contributed by atoms with E-state index in [-0.39, 0.29) is 12.1 Å². The molecule has 4 heteroatoms. The number of amides is 1. The maximum atomic E-state index is 11.1. The number of carbonyl (C=O) groups is 1. The molecule has 1 amide bonds. The first-order valence-electron chi connectivity index (χ1n) is 5.35. The third-order valence-corrected chi connectivity index (χ3v) is 2.23. The highest BCUT2D eigenvalue weighted by Crippen LogP contribution is 2.06. The predicted molar refractivity (Wildman–Crippen MR) is 55.3 cm³/mol. The molecule has 0 bridgehead atoms. The highest BCUT2D eigenvalue weighted by molar-refractivity contribution is 5.67. The van der Waals surface area contributed by atoms with E-state index in [1.165, 1.54) is 12.8 Å². The van der Waals surface area contributed by atoms with Crippen LogP contribution in [0.4, 0.5) is 4.79 Å². The number of hydrogen-bond acceptors (Lipinski definition) is 3. The lowest BCUT2D eigenvalue weighted by molar-refractivity contribution is 0.126. The molecule has 0 aliphatic carbocycles. The van der Waals surface area contributed by atoms with Crippen LogP contribution < -0.4 is 10.6 Å². The summed E-state index contributed by atoms with van der Waals surface area (Å²) in [5.41, 5.74) is 0. The Balaban J connectivity index is 2.09. The number of piperidine rings is 1. The Hall–Kier alpha value is -0.770. The molecule has 1 aliphatic heterocycles. The van der Waals surface area contributed by atoms with E-state index >= 15 is 0 Å². The van der Waals surface area contributed by atoms with Crippen LogP contribution in [-0.4, -0.2) is 31.3 Å². The molecular formula is C10H20N2O2. The molecule has 1 heterocycles. The van der Waals surface area contributed by atoms with Crippen LogP contribution in [0.3, 0.4) is 0 Å². The van der Waals surface area contributed by atoms with Crippen molar-refractivity contribution in [2.24, 2.45) is 0 Å². The molecule has 0 aromatic rings. The fraction of sp³-hybridized carbons (Fsp3) is 0.900. The molecule has 1 fully saturated rings. The van der Waals surface area contributed by atoms with Crippen molar-refractivity contribution in [2.75, 3.05) is 13.2 Å². The van der Waals surface area contributed by atoms with E-state index in [1.54, 1.807) is 0 Å². The normalized spacial score (nSPS) is 22.1. The molecule has 1 aliphatic rings. The van der Waals surface area contributed by atoms with Crippen LogP contribution in [0, 0.1) is 0 Å². The van der Waals surface area contributed by atoms with Crippen molar-refractivity contribution in [2.45, 2.75) is 45.2 Å². The highest BCUT2D eigenvalue weighted by atomic mass is 16.5. The van der Waals surface area contributed by atoms with Crippen molar-refractivity contribution in [1.82, 2.24) is 10.6 Å². The fourth-order valence-corrected chi connectivity index (χ4v) is 1.52. The van der Waals surface area contributed by atoms with Gasteiger partial charge in [-0.15, -0.1) is 0 Å². The van der Waals surface area contributed by atoms with Crippen LogP contribution in [0.2, 0.25) is 0 Å². The molecule has 4 nitrogen and oxygen atoms in total. The lowest BCUT2D eigenvalue weighted by atomic mass is 10.1. The van der Waals surface area contributed by atoms with Gasteiger partial charge in [0.05, 0.1) is 0 Å². The summed E-state index contributed by atoms with van der Waals surface area (Å²) in [6, 6.07) is 0.489. The standard InChI is InChI=1S/C10H20N2O2/c1-8(2)12-10(13)14-7-9-5-3-4-6-11-9/h8-9,11H,3-7H2,1-2H3,(H,12,13)/t9-/m1/s1. The molecule has 2 N–H and O–H groups in total. The quantitative estimate of drug-likeness (QED) is 0.721. The van der Waals surface area contributed by atoms with Crippen LogP contribution in [0.5, 0.6) is 0 Å². The molecule has 0 aromatic carbocycles. The molecule has 1 rings (SSSR count). The summed E-state index contributed by atoms with van der Waals surface area (Å²) >= 11 is 0. The smallest absolute Gasteiger partial charge is 0.407 e. The summed E-state index contributed by atoms with van der Waals surface area (Å²) in [4.78, 5) is 11.1. The number of rotatable bonds is 3. The summed E-state index contributed by atoms with van der Waals surface area (Å²) in [5, 5.41) is 6.02. The molecule has 82 valence electrons. The second-order valence-electron chi connectivity index (χ2n) is 4.04. The van der Waals surface area contributed by atoms with Gasteiger partial charge in [0, 0.05) is 12.1 Å². The summed E-state index contributed by atoms with van der Waals surface area (Å²) < 4.78 is 5.08. The summed E-state index contributed by atoms with van der Waals surface area (Å²) in [5.74, 6) is 0. The largest absolute Gasteiger partial charge is 0.448 e. The molecule has 0 aromatic heterocycles. The van der Waals surface area contributed by atoms with Crippen LogP contribution in [0.15, 0.2) is 0 Å². The first-order valence-corrected chi connectivity index (χ1v) is 5.35. The van der Waals surface area contributed by atoms with Crippen LogP contribution in [0.1, 0.15) is 33.1 Å². The van der Waals surface area contributed by atoms with E-state index < -0.39 is 0 Å². The van der Waals surface area contributed by atoms with Gasteiger partial charge in [0.15, 0.2) is 0 Å². The zero-order valence-electron chi connectivity index (χ0n) is 9.01. The van der Waals surface area contributed by atoms with E-state index in [1.807, 2.05) is 13.8 Å². The van der Waals surface area contributed by atoms with E-state index in [0.717, 1.165) is 13.0 Å². The van der Waals surface area contributed by atoms with Gasteiger partial charge < -0.3 is 15.4 Å². The van der Waals surface area contributed by atoms with Gasteiger partial charge in [-0.05, 0) is 33.2 Å². The third-order valence-electron chi connectivity index (χ3n) is 2.23. The van der Waals surface area contributed by atoms with Crippen LogP contribution in [-0.2, 0) is 4.74 Å². The van der Waals surface area contributed by atoms with E-state index in [0.29, 0.717) is 12.6 Å². The minimum atomic E-state index is -0.313. The lowest BCUT2D eigenvalue weighted by Gasteiger charge is -2.23. The second-order valence-corrected chi connectivity index (χ2v) is 4.04. The average molecular weight is 200 g/mol. The van der Waals surface area contributed by atoms with Gasteiger partial charge in [0.2, 0.25) is 0 Å². The van der Waals surface area contributed by atoms with Crippen molar-refractivity contribution in [3.8, 4) is 0 Å². The summed E-state index contributed by atoms with van der Waals surface area (Å²) in [6.07, 6.45) is 3.25. The van der Waals surface area contributed by atoms with Gasteiger partial charge in [0.25, 0.3) is 0 Å². The molecule has 0 unspecified atom stereocenters. The fourth-order valence-electron chi connectivity index (χ4n) is 1.52. The van der Waals surface area contributed by atoms with Crippen molar-refractivity contribution >= 4 is 6.09 Å². The average Bonchev–Trinajstić information content (AvgIpc) is 2.15.